The molecule has 0 spiro atoms. The van der Waals surface area contributed by atoms with Gasteiger partial charge in [0.2, 0.25) is 0 Å². The van der Waals surface area contributed by atoms with E-state index in [2.05, 4.69) is 0 Å². The lowest BCUT2D eigenvalue weighted by Crippen LogP contribution is -2.18. The van der Waals surface area contributed by atoms with Gasteiger partial charge in [-0.25, -0.2) is 0 Å². The number of carboxylic acids is 1. The number of carbonyl (C=O) groups is 1. The van der Waals surface area contributed by atoms with Crippen molar-refractivity contribution in [1.82, 2.24) is 4.98 Å². The highest BCUT2D eigenvalue weighted by Gasteiger charge is 2.20. The molecule has 1 aliphatic heterocycles. The zero-order chi connectivity index (χ0) is 16.2. The van der Waals surface area contributed by atoms with Crippen LogP contribution in [0.15, 0.2) is 24.3 Å². The fourth-order valence-corrected chi connectivity index (χ4v) is 3.46. The lowest BCUT2D eigenvalue weighted by molar-refractivity contribution is -0.136. The zero-order valence-electron chi connectivity index (χ0n) is 13.3. The molecule has 0 saturated carbocycles. The Hall–Kier alpha value is -1.36. The highest BCUT2D eigenvalue weighted by atomic mass is 35.5. The molecule has 0 amide bonds. The molecular formula is C18H21Cl2NO3. The molecule has 1 saturated heterocycles. The van der Waals surface area contributed by atoms with Crippen LogP contribution in [0.1, 0.15) is 30.5 Å². The normalized spacial score (nSPS) is 15.2. The molecule has 1 aromatic carbocycles. The number of halogens is 2. The van der Waals surface area contributed by atoms with Crippen molar-refractivity contribution in [2.24, 2.45) is 5.92 Å². The van der Waals surface area contributed by atoms with Crippen LogP contribution in [0.4, 0.5) is 0 Å². The monoisotopic (exact) mass is 369 g/mol. The van der Waals surface area contributed by atoms with Gasteiger partial charge in [-0.3, -0.25) is 9.78 Å². The number of carboxylic acid groups (broad SMARTS) is 1. The van der Waals surface area contributed by atoms with Crippen LogP contribution < -0.4 is 0 Å². The van der Waals surface area contributed by atoms with Crippen molar-refractivity contribution in [3.8, 4) is 0 Å². The number of rotatable bonds is 5. The molecule has 24 heavy (non-hydrogen) atoms. The van der Waals surface area contributed by atoms with Gasteiger partial charge in [-0.1, -0.05) is 29.8 Å². The molecule has 1 N–H and O–H groups in total. The molecule has 0 bridgehead atoms. The Labute approximate surface area is 152 Å². The quantitative estimate of drug-likeness (QED) is 0.853. The lowest BCUT2D eigenvalue weighted by Gasteiger charge is -2.22. The summed E-state index contributed by atoms with van der Waals surface area (Å²) in [5.41, 5.74) is 2.68. The number of aromatic nitrogens is 1. The van der Waals surface area contributed by atoms with E-state index in [9.17, 15) is 4.79 Å². The average Bonchev–Trinajstić information content (AvgIpc) is 2.56. The molecule has 0 unspecified atom stereocenters. The van der Waals surface area contributed by atoms with Crippen molar-refractivity contribution in [2.45, 2.75) is 32.1 Å². The number of aliphatic carboxylic acids is 1. The van der Waals surface area contributed by atoms with Crippen molar-refractivity contribution in [3.63, 3.8) is 0 Å². The maximum Gasteiger partial charge on any atom is 0.303 e. The number of pyridine rings is 1. The average molecular weight is 370 g/mol. The second-order valence-corrected chi connectivity index (χ2v) is 6.40. The van der Waals surface area contributed by atoms with Gasteiger partial charge >= 0.3 is 5.97 Å². The minimum Gasteiger partial charge on any atom is -0.481 e. The molecular weight excluding hydrogens is 349 g/mol. The second kappa shape index (κ2) is 8.65. The van der Waals surface area contributed by atoms with E-state index in [1.807, 2.05) is 24.3 Å². The molecule has 0 aliphatic carbocycles. The van der Waals surface area contributed by atoms with Gasteiger partial charge in [0.1, 0.15) is 0 Å². The smallest absolute Gasteiger partial charge is 0.303 e. The highest BCUT2D eigenvalue weighted by molar-refractivity contribution is 6.33. The Kier molecular flexibility index (Phi) is 6.84. The number of aryl methyl sites for hydroxylation is 1. The number of hydrogen-bond donors (Lipinski definition) is 1. The number of hydrogen-bond acceptors (Lipinski definition) is 3. The number of fused-ring (bicyclic) bond motifs is 1. The van der Waals surface area contributed by atoms with Gasteiger partial charge in [0.25, 0.3) is 0 Å². The first-order chi connectivity index (χ1) is 11.1. The first-order valence-corrected chi connectivity index (χ1v) is 8.38. The number of nitrogens with zero attached hydrogens (tertiary/aromatic N) is 1. The number of benzene rings is 1. The van der Waals surface area contributed by atoms with E-state index in [1.54, 1.807) is 0 Å². The first kappa shape index (κ1) is 19.0. The second-order valence-electron chi connectivity index (χ2n) is 6.02. The SMILES string of the molecule is Cl.O=C(O)CCc1c(Cl)c(CC2CCOCC2)nc2ccccc12. The molecule has 0 atom stereocenters. The molecule has 1 aromatic heterocycles. The lowest BCUT2D eigenvalue weighted by atomic mass is 9.93. The van der Waals surface area contributed by atoms with E-state index in [0.717, 1.165) is 54.6 Å². The van der Waals surface area contributed by atoms with E-state index < -0.39 is 5.97 Å². The number of ether oxygens (including phenoxy) is 1. The third kappa shape index (κ3) is 4.38. The summed E-state index contributed by atoms with van der Waals surface area (Å²) < 4.78 is 5.41. The van der Waals surface area contributed by atoms with Crippen molar-refractivity contribution < 1.29 is 14.6 Å². The van der Waals surface area contributed by atoms with Crippen LogP contribution in [0.25, 0.3) is 10.9 Å². The van der Waals surface area contributed by atoms with Gasteiger partial charge in [0.15, 0.2) is 0 Å². The Bertz CT molecular complexity index is 715. The fraction of sp³-hybridized carbons (Fsp3) is 0.444. The van der Waals surface area contributed by atoms with E-state index in [-0.39, 0.29) is 18.8 Å². The summed E-state index contributed by atoms with van der Waals surface area (Å²) in [5.74, 6) is -0.282. The Balaban J connectivity index is 0.00000208. The van der Waals surface area contributed by atoms with Crippen molar-refractivity contribution in [1.29, 1.82) is 0 Å². The predicted molar refractivity (Wildman–Crippen MR) is 97.2 cm³/mol. The molecule has 1 fully saturated rings. The van der Waals surface area contributed by atoms with E-state index in [0.29, 0.717) is 17.4 Å². The summed E-state index contributed by atoms with van der Waals surface area (Å²) in [6, 6.07) is 7.80. The van der Waals surface area contributed by atoms with Gasteiger partial charge in [-0.15, -0.1) is 12.4 Å². The topological polar surface area (TPSA) is 59.4 Å². The maximum atomic E-state index is 10.9. The van der Waals surface area contributed by atoms with Crippen molar-refractivity contribution >= 4 is 40.9 Å². The molecule has 6 heteroatoms. The third-order valence-electron chi connectivity index (χ3n) is 4.41. The van der Waals surface area contributed by atoms with Crippen LogP contribution >= 0.6 is 24.0 Å². The van der Waals surface area contributed by atoms with E-state index in [4.69, 9.17) is 26.4 Å². The van der Waals surface area contributed by atoms with Crippen LogP contribution in [0.5, 0.6) is 0 Å². The molecule has 3 rings (SSSR count). The van der Waals surface area contributed by atoms with Gasteiger partial charge in [-0.2, -0.15) is 0 Å². The zero-order valence-corrected chi connectivity index (χ0v) is 14.9. The molecule has 2 aromatic rings. The summed E-state index contributed by atoms with van der Waals surface area (Å²) in [6.45, 7) is 1.59. The molecule has 1 aliphatic rings. The predicted octanol–water partition coefficient (Wildman–Crippen LogP) is 4.30. The number of para-hydroxylation sites is 1. The molecule has 0 radical (unpaired) electrons. The van der Waals surface area contributed by atoms with E-state index in [1.165, 1.54) is 0 Å². The van der Waals surface area contributed by atoms with Crippen LogP contribution in [0.2, 0.25) is 5.02 Å². The summed E-state index contributed by atoms with van der Waals surface area (Å²) in [7, 11) is 0. The van der Waals surface area contributed by atoms with Gasteiger partial charge < -0.3 is 9.84 Å². The minimum atomic E-state index is -0.812. The Morgan fingerprint density at radius 3 is 2.71 bits per heavy atom. The van der Waals surface area contributed by atoms with Crippen LogP contribution in [-0.4, -0.2) is 29.3 Å². The summed E-state index contributed by atoms with van der Waals surface area (Å²) in [4.78, 5) is 15.7. The highest BCUT2D eigenvalue weighted by Crippen LogP contribution is 2.31. The standard InChI is InChI=1S/C18H20ClNO3.ClH/c19-18-14(5-6-17(21)22)13-3-1-2-4-15(13)20-16(18)11-12-7-9-23-10-8-12;/h1-4,12H,5-11H2,(H,21,22);1H. The Morgan fingerprint density at radius 2 is 2.00 bits per heavy atom. The summed E-state index contributed by atoms with van der Waals surface area (Å²) in [6.07, 6.45) is 3.38. The van der Waals surface area contributed by atoms with E-state index >= 15 is 0 Å². The van der Waals surface area contributed by atoms with Crippen LogP contribution in [-0.2, 0) is 22.4 Å². The van der Waals surface area contributed by atoms with Gasteiger partial charge in [0.05, 0.1) is 16.2 Å². The van der Waals surface area contributed by atoms with Crippen LogP contribution in [0, 0.1) is 5.92 Å². The molecule has 2 heterocycles. The largest absolute Gasteiger partial charge is 0.481 e. The third-order valence-corrected chi connectivity index (χ3v) is 4.86. The molecule has 130 valence electrons. The van der Waals surface area contributed by atoms with Crippen molar-refractivity contribution in [2.75, 3.05) is 13.2 Å². The van der Waals surface area contributed by atoms with Gasteiger partial charge in [-0.05, 0) is 43.2 Å². The van der Waals surface area contributed by atoms with Crippen molar-refractivity contribution in [3.05, 3.63) is 40.5 Å². The summed E-state index contributed by atoms with van der Waals surface area (Å²) >= 11 is 6.60. The minimum absolute atomic E-state index is 0. The fourth-order valence-electron chi connectivity index (χ4n) is 3.15. The first-order valence-electron chi connectivity index (χ1n) is 8.00. The summed E-state index contributed by atoms with van der Waals surface area (Å²) in [5, 5.41) is 10.6. The maximum absolute atomic E-state index is 10.9. The Morgan fingerprint density at radius 1 is 1.29 bits per heavy atom. The van der Waals surface area contributed by atoms with Gasteiger partial charge in [0, 0.05) is 25.0 Å². The molecule has 4 nitrogen and oxygen atoms in total. The van der Waals surface area contributed by atoms with Crippen LogP contribution in [0.3, 0.4) is 0 Å².